The predicted molar refractivity (Wildman–Crippen MR) is 117 cm³/mol. The highest BCUT2D eigenvalue weighted by Gasteiger charge is 2.60. The summed E-state index contributed by atoms with van der Waals surface area (Å²) in [6.45, 7) is 4.23. The van der Waals surface area contributed by atoms with Gasteiger partial charge in [0.15, 0.2) is 6.33 Å². The number of anilines is 1. The van der Waals surface area contributed by atoms with Crippen LogP contribution in [0.5, 0.6) is 0 Å². The molecule has 1 aromatic heterocycles. The molecule has 2 heterocycles. The second kappa shape index (κ2) is 7.02. The van der Waals surface area contributed by atoms with Crippen LogP contribution in [0.15, 0.2) is 30.6 Å². The summed E-state index contributed by atoms with van der Waals surface area (Å²) >= 11 is 0. The summed E-state index contributed by atoms with van der Waals surface area (Å²) in [4.78, 5) is 19.9. The van der Waals surface area contributed by atoms with E-state index in [0.29, 0.717) is 11.8 Å². The van der Waals surface area contributed by atoms with Crippen molar-refractivity contribution in [2.75, 3.05) is 38.1 Å². The Balaban J connectivity index is 1.19. The number of piperazine rings is 1. The lowest BCUT2D eigenvalue weighted by Crippen LogP contribution is -2.66. The summed E-state index contributed by atoms with van der Waals surface area (Å²) in [5.41, 5.74) is 1.72. The van der Waals surface area contributed by atoms with E-state index in [1.807, 2.05) is 16.9 Å². The molecule has 4 aliphatic carbocycles. The molecule has 8 heteroatoms. The average Bonchev–Trinajstić information content (AvgIpc) is 3.29. The van der Waals surface area contributed by atoms with E-state index in [-0.39, 0.29) is 17.0 Å². The molecule has 1 N–H and O–H groups in total. The predicted octanol–water partition coefficient (Wildman–Crippen LogP) is 1.90. The third-order valence-corrected chi connectivity index (χ3v) is 8.18. The maximum Gasteiger partial charge on any atom is 0.251 e. The minimum absolute atomic E-state index is 0.0496. The molecule has 7 rings (SSSR count). The maximum atomic E-state index is 13.3. The summed E-state index contributed by atoms with van der Waals surface area (Å²) in [7, 11) is 2.16. The first kappa shape index (κ1) is 19.2. The minimum Gasteiger partial charge on any atom is -0.369 e. The van der Waals surface area contributed by atoms with E-state index in [1.165, 1.54) is 18.4 Å². The number of tetrazole rings is 1. The number of hydrogen-bond acceptors (Lipinski definition) is 6. The summed E-state index contributed by atoms with van der Waals surface area (Å²) < 4.78 is 0. The van der Waals surface area contributed by atoms with Crippen molar-refractivity contribution in [1.29, 1.82) is 0 Å². The minimum atomic E-state index is -0.148. The van der Waals surface area contributed by atoms with Crippen LogP contribution in [0.3, 0.4) is 0 Å². The highest BCUT2D eigenvalue weighted by molar-refractivity contribution is 5.95. The van der Waals surface area contributed by atoms with Crippen LogP contribution in [0.1, 0.15) is 48.9 Å². The summed E-state index contributed by atoms with van der Waals surface area (Å²) in [5.74, 6) is 1.31. The zero-order valence-corrected chi connectivity index (χ0v) is 18.2. The van der Waals surface area contributed by atoms with Crippen LogP contribution in [0.4, 0.5) is 5.69 Å². The molecule has 2 atom stereocenters. The Morgan fingerprint density at radius 2 is 1.74 bits per heavy atom. The third-order valence-electron chi connectivity index (χ3n) is 8.18. The molecule has 0 spiro atoms. The van der Waals surface area contributed by atoms with Crippen molar-refractivity contribution in [2.24, 2.45) is 11.8 Å². The number of likely N-dealkylation sites (N-methyl/N-ethyl adjacent to an activating group) is 1. The van der Waals surface area contributed by atoms with Crippen LogP contribution in [0.25, 0.3) is 0 Å². The van der Waals surface area contributed by atoms with Crippen molar-refractivity contribution < 1.29 is 4.79 Å². The number of nitrogens with one attached hydrogen (secondary N) is 1. The molecular formula is C23H31N7O. The molecule has 2 aromatic rings. The molecular weight excluding hydrogens is 390 g/mol. The molecule has 5 fully saturated rings. The number of carbonyl (C=O) groups is 1. The average molecular weight is 422 g/mol. The molecule has 164 valence electrons. The Labute approximate surface area is 183 Å². The first-order valence-corrected chi connectivity index (χ1v) is 11.6. The molecule has 31 heavy (non-hydrogen) atoms. The van der Waals surface area contributed by atoms with Crippen molar-refractivity contribution >= 4 is 11.6 Å². The van der Waals surface area contributed by atoms with Gasteiger partial charge in [0, 0.05) is 43.0 Å². The van der Waals surface area contributed by atoms with Crippen LogP contribution >= 0.6 is 0 Å². The van der Waals surface area contributed by atoms with E-state index >= 15 is 0 Å². The van der Waals surface area contributed by atoms with E-state index in [4.69, 9.17) is 0 Å². The van der Waals surface area contributed by atoms with Gasteiger partial charge in [-0.2, -0.15) is 4.80 Å². The fraction of sp³-hybridized carbons (Fsp3) is 0.652. The Bertz CT molecular complexity index is 935. The summed E-state index contributed by atoms with van der Waals surface area (Å²) in [6, 6.07) is 8.16. The number of benzene rings is 1. The van der Waals surface area contributed by atoms with Gasteiger partial charge in [-0.15, -0.1) is 10.2 Å². The normalized spacial score (nSPS) is 34.8. The SMILES string of the molecule is CN1CCN(c2ccc(C(=O)NC34CC5CC(C3)CC(n3ncnn3)(C5)C4)cc2)CC1. The van der Waals surface area contributed by atoms with Gasteiger partial charge in [-0.3, -0.25) is 4.79 Å². The van der Waals surface area contributed by atoms with Gasteiger partial charge < -0.3 is 15.1 Å². The Morgan fingerprint density at radius 3 is 2.39 bits per heavy atom. The number of amides is 1. The third kappa shape index (κ3) is 3.32. The Morgan fingerprint density at radius 1 is 1.03 bits per heavy atom. The Kier molecular flexibility index (Phi) is 4.35. The molecule has 1 amide bonds. The van der Waals surface area contributed by atoms with Crippen molar-refractivity contribution in [3.8, 4) is 0 Å². The zero-order valence-electron chi connectivity index (χ0n) is 18.2. The first-order chi connectivity index (χ1) is 15.0. The number of hydrogen-bond donors (Lipinski definition) is 1. The standard InChI is InChI=1S/C23H31N7O/c1-28-6-8-29(9-7-28)20-4-2-19(3-5-20)21(31)26-22-11-17-10-18(12-22)14-23(13-17,15-22)30-25-16-24-27-30/h2-5,16-18H,6-15H2,1H3,(H,26,31). The lowest BCUT2D eigenvalue weighted by atomic mass is 9.50. The molecule has 4 bridgehead atoms. The monoisotopic (exact) mass is 421 g/mol. The van der Waals surface area contributed by atoms with Gasteiger partial charge in [0.1, 0.15) is 0 Å². The maximum absolute atomic E-state index is 13.3. The van der Waals surface area contributed by atoms with Gasteiger partial charge >= 0.3 is 0 Å². The molecule has 5 aliphatic rings. The van der Waals surface area contributed by atoms with Crippen LogP contribution in [0.2, 0.25) is 0 Å². The van der Waals surface area contributed by atoms with Gasteiger partial charge in [-0.1, -0.05) is 0 Å². The molecule has 0 radical (unpaired) electrons. The zero-order chi connectivity index (χ0) is 21.1. The summed E-state index contributed by atoms with van der Waals surface area (Å²) in [6.07, 6.45) is 8.08. The van der Waals surface area contributed by atoms with E-state index in [2.05, 4.69) is 49.7 Å². The van der Waals surface area contributed by atoms with Crippen molar-refractivity contribution in [3.63, 3.8) is 0 Å². The number of carbonyl (C=O) groups excluding carboxylic acids is 1. The van der Waals surface area contributed by atoms with Crippen LogP contribution in [0, 0.1) is 11.8 Å². The molecule has 2 unspecified atom stereocenters. The molecule has 8 nitrogen and oxygen atoms in total. The van der Waals surface area contributed by atoms with Gasteiger partial charge in [-0.25, -0.2) is 0 Å². The Hall–Kier alpha value is -2.48. The molecule has 1 aliphatic heterocycles. The van der Waals surface area contributed by atoms with Crippen molar-refractivity contribution in [1.82, 2.24) is 30.4 Å². The topological polar surface area (TPSA) is 79.2 Å². The largest absolute Gasteiger partial charge is 0.369 e. The van der Waals surface area contributed by atoms with Crippen molar-refractivity contribution in [2.45, 2.75) is 49.6 Å². The smallest absolute Gasteiger partial charge is 0.251 e. The second-order valence-electron chi connectivity index (χ2n) is 10.5. The van der Waals surface area contributed by atoms with Crippen molar-refractivity contribution in [3.05, 3.63) is 36.2 Å². The molecule has 4 saturated carbocycles. The van der Waals surface area contributed by atoms with Gasteiger partial charge in [0.05, 0.1) is 5.54 Å². The fourth-order valence-corrected chi connectivity index (χ4v) is 7.18. The van der Waals surface area contributed by atoms with Gasteiger partial charge in [0.25, 0.3) is 5.91 Å². The van der Waals surface area contributed by atoms with Crippen LogP contribution < -0.4 is 10.2 Å². The molecule has 1 saturated heterocycles. The highest BCUT2D eigenvalue weighted by atomic mass is 16.1. The lowest BCUT2D eigenvalue weighted by Gasteiger charge is -2.61. The first-order valence-electron chi connectivity index (χ1n) is 11.6. The number of rotatable bonds is 4. The van der Waals surface area contributed by atoms with Crippen LogP contribution in [-0.4, -0.2) is 69.8 Å². The van der Waals surface area contributed by atoms with E-state index < -0.39 is 0 Å². The van der Waals surface area contributed by atoms with Gasteiger partial charge in [-0.05, 0) is 86.9 Å². The van der Waals surface area contributed by atoms with Gasteiger partial charge in [0.2, 0.25) is 0 Å². The molecule has 1 aromatic carbocycles. The second-order valence-corrected chi connectivity index (χ2v) is 10.5. The summed E-state index contributed by atoms with van der Waals surface area (Å²) in [5, 5.41) is 16.1. The van der Waals surface area contributed by atoms with E-state index in [1.54, 1.807) is 0 Å². The highest BCUT2D eigenvalue weighted by Crippen LogP contribution is 2.60. The fourth-order valence-electron chi connectivity index (χ4n) is 7.18. The quantitative estimate of drug-likeness (QED) is 0.812. The number of aromatic nitrogens is 4. The van der Waals surface area contributed by atoms with Crippen LogP contribution in [-0.2, 0) is 5.54 Å². The number of nitrogens with zero attached hydrogens (tertiary/aromatic N) is 6. The van der Waals surface area contributed by atoms with E-state index in [0.717, 1.165) is 63.8 Å². The lowest BCUT2D eigenvalue weighted by molar-refractivity contribution is -0.0810. The van der Waals surface area contributed by atoms with E-state index in [9.17, 15) is 4.79 Å².